The molecule has 0 fully saturated rings. The number of nitrogens with one attached hydrogen (secondary N) is 1. The number of hydrogen-bond acceptors (Lipinski definition) is 3. The minimum atomic E-state index is -0.401. The summed E-state index contributed by atoms with van der Waals surface area (Å²) < 4.78 is 1.18. The lowest BCUT2D eigenvalue weighted by Gasteiger charge is -1.92. The number of aromatic amines is 1. The van der Waals surface area contributed by atoms with E-state index in [4.69, 9.17) is 5.26 Å². The van der Waals surface area contributed by atoms with Gasteiger partial charge < -0.3 is 0 Å². The molecule has 0 amide bonds. The van der Waals surface area contributed by atoms with E-state index in [0.29, 0.717) is 22.3 Å². The van der Waals surface area contributed by atoms with Crippen molar-refractivity contribution in [2.75, 3.05) is 0 Å². The number of aromatic nitrogens is 3. The lowest BCUT2D eigenvalue weighted by molar-refractivity contribution is -0.357. The molecule has 2 heterocycles. The predicted molar refractivity (Wildman–Crippen MR) is 52.9 cm³/mol. The summed E-state index contributed by atoms with van der Waals surface area (Å²) in [6, 6.07) is 1.88. The van der Waals surface area contributed by atoms with Crippen molar-refractivity contribution in [2.45, 2.75) is 13.8 Å². The maximum atomic E-state index is 11.8. The molecule has 0 bridgehead atoms. The SMILES string of the molecule is C=c1c(C)c(C#N)c(=O)n2nc(C)[nH+]c12. The molecule has 0 atom stereocenters. The maximum Gasteiger partial charge on any atom is 0.361 e. The van der Waals surface area contributed by atoms with Gasteiger partial charge in [0.25, 0.3) is 11.5 Å². The molecule has 0 aliphatic carbocycles. The molecule has 0 saturated carbocycles. The molecule has 5 nitrogen and oxygen atoms in total. The average Bonchev–Trinajstić information content (AvgIpc) is 2.58. The number of nitriles is 1. The maximum absolute atomic E-state index is 11.8. The molecule has 74 valence electrons. The summed E-state index contributed by atoms with van der Waals surface area (Å²) in [4.78, 5) is 14.7. The monoisotopic (exact) mass is 201 g/mol. The molecular weight excluding hydrogens is 192 g/mol. The highest BCUT2D eigenvalue weighted by Gasteiger charge is 2.18. The molecule has 5 heteroatoms. The van der Waals surface area contributed by atoms with Crippen molar-refractivity contribution < 1.29 is 4.98 Å². The Morgan fingerprint density at radius 3 is 2.80 bits per heavy atom. The van der Waals surface area contributed by atoms with Crippen LogP contribution in [0.15, 0.2) is 4.79 Å². The minimum Gasteiger partial charge on any atom is -0.246 e. The Morgan fingerprint density at radius 2 is 2.20 bits per heavy atom. The molecule has 2 aromatic rings. The molecule has 15 heavy (non-hydrogen) atoms. The molecule has 0 aliphatic rings. The molecule has 2 aromatic heterocycles. The first-order valence-electron chi connectivity index (χ1n) is 4.40. The van der Waals surface area contributed by atoms with E-state index in [2.05, 4.69) is 16.7 Å². The number of pyridine rings is 1. The summed E-state index contributed by atoms with van der Waals surface area (Å²) in [5.74, 6) is 0.617. The fourth-order valence-corrected chi connectivity index (χ4v) is 1.53. The first-order valence-corrected chi connectivity index (χ1v) is 4.40. The minimum absolute atomic E-state index is 0.101. The fraction of sp³-hybridized carbons (Fsp3) is 0.200. The summed E-state index contributed by atoms with van der Waals surface area (Å²) in [6.07, 6.45) is 0. The van der Waals surface area contributed by atoms with Crippen LogP contribution in [0, 0.1) is 25.2 Å². The van der Waals surface area contributed by atoms with Gasteiger partial charge in [0, 0.05) is 17.2 Å². The summed E-state index contributed by atoms with van der Waals surface area (Å²) in [5.41, 5.74) is 0.853. The van der Waals surface area contributed by atoms with Gasteiger partial charge >= 0.3 is 5.56 Å². The second-order valence-electron chi connectivity index (χ2n) is 3.37. The molecule has 0 saturated heterocycles. The summed E-state index contributed by atoms with van der Waals surface area (Å²) in [7, 11) is 0. The number of fused-ring (bicyclic) bond motifs is 1. The summed E-state index contributed by atoms with van der Waals surface area (Å²) in [5, 5.41) is 13.5. The second kappa shape index (κ2) is 2.89. The quantitative estimate of drug-likeness (QED) is 0.556. The van der Waals surface area contributed by atoms with Crippen molar-refractivity contribution in [3.63, 3.8) is 0 Å². The van der Waals surface area contributed by atoms with Gasteiger partial charge in [-0.25, -0.2) is 9.78 Å². The van der Waals surface area contributed by atoms with E-state index in [1.807, 2.05) is 6.07 Å². The van der Waals surface area contributed by atoms with Gasteiger partial charge in [0.2, 0.25) is 0 Å². The van der Waals surface area contributed by atoms with Crippen molar-refractivity contribution in [1.29, 1.82) is 5.26 Å². The molecule has 1 N–H and O–H groups in total. The third-order valence-corrected chi connectivity index (χ3v) is 2.39. The van der Waals surface area contributed by atoms with Crippen LogP contribution in [0.25, 0.3) is 12.2 Å². The second-order valence-corrected chi connectivity index (χ2v) is 3.37. The van der Waals surface area contributed by atoms with Crippen LogP contribution in [0.4, 0.5) is 0 Å². The van der Waals surface area contributed by atoms with Gasteiger partial charge in [-0.15, -0.1) is 0 Å². The summed E-state index contributed by atoms with van der Waals surface area (Å²) in [6.45, 7) is 7.28. The highest BCUT2D eigenvalue weighted by molar-refractivity contribution is 5.47. The predicted octanol–water partition coefficient (Wildman–Crippen LogP) is -0.874. The van der Waals surface area contributed by atoms with Crippen LogP contribution in [0.2, 0.25) is 0 Å². The molecule has 0 aromatic carbocycles. The lowest BCUT2D eigenvalue weighted by Crippen LogP contribution is -2.28. The van der Waals surface area contributed by atoms with E-state index < -0.39 is 5.56 Å². The Kier molecular flexibility index (Phi) is 1.80. The van der Waals surface area contributed by atoms with Crippen LogP contribution >= 0.6 is 0 Å². The Bertz CT molecular complexity index is 693. The number of H-pyrrole nitrogens is 1. The molecule has 2 rings (SSSR count). The first-order chi connectivity index (χ1) is 7.06. The van der Waals surface area contributed by atoms with Crippen LogP contribution in [-0.2, 0) is 0 Å². The van der Waals surface area contributed by atoms with Gasteiger partial charge in [0.05, 0.1) is 0 Å². The Balaban J connectivity index is 3.18. The van der Waals surface area contributed by atoms with E-state index in [1.54, 1.807) is 13.8 Å². The molecule has 0 unspecified atom stereocenters. The van der Waals surface area contributed by atoms with Crippen LogP contribution in [0.1, 0.15) is 17.0 Å². The number of aryl methyl sites for hydroxylation is 1. The van der Waals surface area contributed by atoms with Gasteiger partial charge in [-0.3, -0.25) is 0 Å². The van der Waals surface area contributed by atoms with E-state index >= 15 is 0 Å². The van der Waals surface area contributed by atoms with Crippen LogP contribution in [0.3, 0.4) is 0 Å². The van der Waals surface area contributed by atoms with E-state index in [1.165, 1.54) is 4.52 Å². The Labute approximate surface area is 85.3 Å². The van der Waals surface area contributed by atoms with Crippen LogP contribution < -0.4 is 15.8 Å². The third-order valence-electron chi connectivity index (χ3n) is 2.39. The van der Waals surface area contributed by atoms with Gasteiger partial charge in [0.1, 0.15) is 11.6 Å². The van der Waals surface area contributed by atoms with Gasteiger partial charge in [0.15, 0.2) is 0 Å². The van der Waals surface area contributed by atoms with Gasteiger partial charge in [-0.1, -0.05) is 6.58 Å². The van der Waals surface area contributed by atoms with E-state index in [9.17, 15) is 4.79 Å². The number of hydrogen-bond donors (Lipinski definition) is 0. The van der Waals surface area contributed by atoms with Crippen molar-refractivity contribution >= 4 is 12.2 Å². The fourth-order valence-electron chi connectivity index (χ4n) is 1.53. The van der Waals surface area contributed by atoms with Crippen molar-refractivity contribution in [3.8, 4) is 6.07 Å². The standard InChI is InChI=1S/C10H8N4O/c1-5-6(2)9-12-7(3)13-14(9)10(15)8(5)4-11/h2H2,1,3H3/p+1. The highest BCUT2D eigenvalue weighted by atomic mass is 16.1. The smallest absolute Gasteiger partial charge is 0.246 e. The van der Waals surface area contributed by atoms with Gasteiger partial charge in [-0.2, -0.15) is 5.26 Å². The largest absolute Gasteiger partial charge is 0.361 e. The Hall–Kier alpha value is -2.22. The topological polar surface area (TPSA) is 72.3 Å². The number of nitrogens with zero attached hydrogens (tertiary/aromatic N) is 3. The van der Waals surface area contributed by atoms with E-state index in [0.717, 1.165) is 0 Å². The van der Waals surface area contributed by atoms with Crippen molar-refractivity contribution in [2.24, 2.45) is 0 Å². The van der Waals surface area contributed by atoms with Crippen molar-refractivity contribution in [1.82, 2.24) is 9.61 Å². The van der Waals surface area contributed by atoms with Crippen molar-refractivity contribution in [3.05, 3.63) is 32.5 Å². The third kappa shape index (κ3) is 1.12. The zero-order valence-electron chi connectivity index (χ0n) is 8.46. The molecular formula is C10H9N4O+. The molecule has 0 spiro atoms. The molecule has 0 aliphatic heterocycles. The summed E-state index contributed by atoms with van der Waals surface area (Å²) >= 11 is 0. The van der Waals surface area contributed by atoms with Crippen LogP contribution in [0.5, 0.6) is 0 Å². The molecule has 0 radical (unpaired) electrons. The highest BCUT2D eigenvalue weighted by Crippen LogP contribution is 1.95. The normalized spacial score (nSPS) is 10.5. The zero-order chi connectivity index (χ0) is 11.2. The first kappa shape index (κ1) is 9.34. The zero-order valence-corrected chi connectivity index (χ0v) is 8.46. The number of rotatable bonds is 0. The average molecular weight is 201 g/mol. The van der Waals surface area contributed by atoms with Crippen LogP contribution in [-0.4, -0.2) is 9.61 Å². The lowest BCUT2D eigenvalue weighted by atomic mass is 10.1. The Morgan fingerprint density at radius 1 is 1.53 bits per heavy atom. The van der Waals surface area contributed by atoms with Gasteiger partial charge in [-0.05, 0) is 17.0 Å². The van der Waals surface area contributed by atoms with E-state index in [-0.39, 0.29) is 5.56 Å².